The number of nitrogens with zero attached hydrogens (tertiary/aromatic N) is 3. The molecule has 7 nitrogen and oxygen atoms in total. The average Bonchev–Trinajstić information content (AvgIpc) is 3.41. The van der Waals surface area contributed by atoms with Crippen molar-refractivity contribution >= 4 is 28.3 Å². The highest BCUT2D eigenvalue weighted by Gasteiger charge is 2.11. The van der Waals surface area contributed by atoms with Gasteiger partial charge in [-0.3, -0.25) is 14.7 Å². The summed E-state index contributed by atoms with van der Waals surface area (Å²) in [5, 5.41) is 16.0. The number of carbonyl (C=O) groups is 1. The van der Waals surface area contributed by atoms with Crippen molar-refractivity contribution in [2.75, 3.05) is 0 Å². The normalized spacial score (nSPS) is 11.0. The zero-order chi connectivity index (χ0) is 24.4. The molecule has 35 heavy (non-hydrogen) atoms. The second kappa shape index (κ2) is 9.56. The maximum Gasteiger partial charge on any atom is 0.274 e. The van der Waals surface area contributed by atoms with Gasteiger partial charge in [-0.25, -0.2) is 4.68 Å². The standard InChI is InChI=1S/C27H22ClN5O2/c1-17-4-2-7-25(28)24(17)15-29-26(34)20-6-3-5-18(10-20)16-33-27(35)23-11-19(22-12-30-31-13-22)8-9-21(23)14-32-33/h2-14H,15-16H2,1H3,(H,29,34)(H,30,31). The van der Waals surface area contributed by atoms with Gasteiger partial charge in [0, 0.05) is 34.3 Å². The van der Waals surface area contributed by atoms with E-state index in [9.17, 15) is 9.59 Å². The van der Waals surface area contributed by atoms with Gasteiger partial charge in [0.2, 0.25) is 0 Å². The van der Waals surface area contributed by atoms with Crippen LogP contribution in [0.2, 0.25) is 5.02 Å². The van der Waals surface area contributed by atoms with Gasteiger partial charge in [0.15, 0.2) is 0 Å². The number of hydrogen-bond acceptors (Lipinski definition) is 4. The monoisotopic (exact) mass is 483 g/mol. The van der Waals surface area contributed by atoms with E-state index < -0.39 is 0 Å². The zero-order valence-electron chi connectivity index (χ0n) is 19.0. The molecule has 0 aliphatic rings. The number of carbonyl (C=O) groups excluding carboxylic acids is 1. The molecule has 2 heterocycles. The predicted molar refractivity (Wildman–Crippen MR) is 136 cm³/mol. The molecule has 0 unspecified atom stereocenters. The number of aromatic amines is 1. The Balaban J connectivity index is 1.37. The summed E-state index contributed by atoms with van der Waals surface area (Å²) >= 11 is 6.27. The third kappa shape index (κ3) is 4.72. The van der Waals surface area contributed by atoms with Gasteiger partial charge in [-0.2, -0.15) is 10.2 Å². The summed E-state index contributed by atoms with van der Waals surface area (Å²) < 4.78 is 1.41. The molecule has 0 fully saturated rings. The first-order valence-electron chi connectivity index (χ1n) is 11.1. The minimum atomic E-state index is -0.213. The van der Waals surface area contributed by atoms with E-state index in [-0.39, 0.29) is 18.0 Å². The Hall–Kier alpha value is -4.23. The van der Waals surface area contributed by atoms with Gasteiger partial charge in [-0.15, -0.1) is 0 Å². The van der Waals surface area contributed by atoms with Gasteiger partial charge >= 0.3 is 0 Å². The van der Waals surface area contributed by atoms with E-state index in [0.717, 1.165) is 33.2 Å². The molecule has 2 aromatic heterocycles. The van der Waals surface area contributed by atoms with Crippen LogP contribution in [0.15, 0.2) is 84.0 Å². The van der Waals surface area contributed by atoms with E-state index in [4.69, 9.17) is 11.6 Å². The van der Waals surface area contributed by atoms with Crippen LogP contribution < -0.4 is 10.9 Å². The SMILES string of the molecule is Cc1cccc(Cl)c1CNC(=O)c1cccc(Cn2ncc3ccc(-c4cn[nH]c4)cc3c2=O)c1. The molecule has 0 radical (unpaired) electrons. The number of rotatable bonds is 6. The predicted octanol–water partition coefficient (Wildman–Crippen LogP) is 4.73. The Morgan fingerprint density at radius 1 is 1.06 bits per heavy atom. The first-order chi connectivity index (χ1) is 17.0. The van der Waals surface area contributed by atoms with Gasteiger partial charge in [0.05, 0.1) is 24.3 Å². The summed E-state index contributed by atoms with van der Waals surface area (Å²) in [6.07, 6.45) is 5.17. The van der Waals surface area contributed by atoms with Gasteiger partial charge in [-0.05, 0) is 53.4 Å². The minimum absolute atomic E-state index is 0.197. The summed E-state index contributed by atoms with van der Waals surface area (Å²) in [5.41, 5.74) is 4.81. The van der Waals surface area contributed by atoms with Crippen LogP contribution in [0.3, 0.4) is 0 Å². The van der Waals surface area contributed by atoms with Crippen LogP contribution in [0.5, 0.6) is 0 Å². The first kappa shape index (κ1) is 22.6. The van der Waals surface area contributed by atoms with Crippen LogP contribution in [0, 0.1) is 6.92 Å². The first-order valence-corrected chi connectivity index (χ1v) is 11.5. The van der Waals surface area contributed by atoms with Crippen molar-refractivity contribution in [2.45, 2.75) is 20.0 Å². The molecule has 3 aromatic carbocycles. The second-order valence-corrected chi connectivity index (χ2v) is 8.72. The molecule has 174 valence electrons. The Kier molecular flexibility index (Phi) is 6.16. The number of hydrogen-bond donors (Lipinski definition) is 2. The summed E-state index contributed by atoms with van der Waals surface area (Å²) in [7, 11) is 0. The lowest BCUT2D eigenvalue weighted by molar-refractivity contribution is 0.0951. The summed E-state index contributed by atoms with van der Waals surface area (Å²) in [4.78, 5) is 26.0. The maximum atomic E-state index is 13.2. The quantitative estimate of drug-likeness (QED) is 0.365. The Morgan fingerprint density at radius 3 is 2.71 bits per heavy atom. The van der Waals surface area contributed by atoms with E-state index in [0.29, 0.717) is 22.5 Å². The zero-order valence-corrected chi connectivity index (χ0v) is 19.7. The maximum absolute atomic E-state index is 13.2. The van der Waals surface area contributed by atoms with E-state index >= 15 is 0 Å². The highest BCUT2D eigenvalue weighted by Crippen LogP contribution is 2.22. The van der Waals surface area contributed by atoms with E-state index in [1.54, 1.807) is 36.8 Å². The van der Waals surface area contributed by atoms with Crippen molar-refractivity contribution in [1.29, 1.82) is 0 Å². The van der Waals surface area contributed by atoms with Crippen LogP contribution in [0.1, 0.15) is 27.0 Å². The van der Waals surface area contributed by atoms with Gasteiger partial charge in [0.1, 0.15) is 0 Å². The van der Waals surface area contributed by atoms with Gasteiger partial charge < -0.3 is 5.32 Å². The van der Waals surface area contributed by atoms with Crippen molar-refractivity contribution in [3.63, 3.8) is 0 Å². The lowest BCUT2D eigenvalue weighted by Gasteiger charge is -2.11. The third-order valence-electron chi connectivity index (χ3n) is 5.99. The molecule has 2 N–H and O–H groups in total. The molecule has 0 bridgehead atoms. The third-order valence-corrected chi connectivity index (χ3v) is 6.34. The molecule has 0 saturated heterocycles. The fourth-order valence-electron chi connectivity index (χ4n) is 4.02. The molecular formula is C27H22ClN5O2. The molecule has 0 atom stereocenters. The molecular weight excluding hydrogens is 462 g/mol. The lowest BCUT2D eigenvalue weighted by atomic mass is 10.1. The van der Waals surface area contributed by atoms with Crippen molar-refractivity contribution < 1.29 is 4.79 Å². The van der Waals surface area contributed by atoms with E-state index in [1.807, 2.05) is 49.4 Å². The summed E-state index contributed by atoms with van der Waals surface area (Å²) in [5.74, 6) is -0.213. The van der Waals surface area contributed by atoms with Crippen molar-refractivity contribution in [3.8, 4) is 11.1 Å². The van der Waals surface area contributed by atoms with Crippen LogP contribution in [0.4, 0.5) is 0 Å². The van der Waals surface area contributed by atoms with Crippen molar-refractivity contribution in [1.82, 2.24) is 25.3 Å². The van der Waals surface area contributed by atoms with Crippen molar-refractivity contribution in [3.05, 3.63) is 117 Å². The molecule has 0 aliphatic carbocycles. The molecule has 0 spiro atoms. The molecule has 5 rings (SSSR count). The fraction of sp³-hybridized carbons (Fsp3) is 0.111. The van der Waals surface area contributed by atoms with Crippen LogP contribution >= 0.6 is 11.6 Å². The number of aromatic nitrogens is 4. The van der Waals surface area contributed by atoms with Gasteiger partial charge in [0.25, 0.3) is 11.5 Å². The van der Waals surface area contributed by atoms with Crippen molar-refractivity contribution in [2.24, 2.45) is 0 Å². The largest absolute Gasteiger partial charge is 0.348 e. The topological polar surface area (TPSA) is 92.7 Å². The molecule has 0 saturated carbocycles. The number of benzene rings is 3. The Morgan fingerprint density at radius 2 is 1.91 bits per heavy atom. The number of amides is 1. The van der Waals surface area contributed by atoms with Crippen LogP contribution in [-0.4, -0.2) is 25.9 Å². The minimum Gasteiger partial charge on any atom is -0.348 e. The highest BCUT2D eigenvalue weighted by atomic mass is 35.5. The Labute approximate surface area is 206 Å². The molecule has 0 aliphatic heterocycles. The number of H-pyrrole nitrogens is 1. The van der Waals surface area contributed by atoms with E-state index in [2.05, 4.69) is 20.6 Å². The highest BCUT2D eigenvalue weighted by molar-refractivity contribution is 6.31. The number of nitrogens with one attached hydrogen (secondary N) is 2. The Bertz CT molecular complexity index is 1570. The number of aryl methyl sites for hydroxylation is 1. The summed E-state index contributed by atoms with van der Waals surface area (Å²) in [6, 6.07) is 18.5. The van der Waals surface area contributed by atoms with E-state index in [1.165, 1.54) is 4.68 Å². The molecule has 5 aromatic rings. The smallest absolute Gasteiger partial charge is 0.274 e. The molecule has 8 heteroatoms. The van der Waals surface area contributed by atoms with Gasteiger partial charge in [-0.1, -0.05) is 48.0 Å². The van der Waals surface area contributed by atoms with Crippen LogP contribution in [0.25, 0.3) is 21.9 Å². The molecule has 1 amide bonds. The number of halogens is 1. The second-order valence-electron chi connectivity index (χ2n) is 8.31. The lowest BCUT2D eigenvalue weighted by Crippen LogP contribution is -2.25. The number of fused-ring (bicyclic) bond motifs is 1. The van der Waals surface area contributed by atoms with Crippen LogP contribution in [-0.2, 0) is 13.1 Å². The fourth-order valence-corrected chi connectivity index (χ4v) is 4.31. The average molecular weight is 484 g/mol. The summed E-state index contributed by atoms with van der Waals surface area (Å²) in [6.45, 7) is 2.54.